The summed E-state index contributed by atoms with van der Waals surface area (Å²) < 4.78 is 12.3. The second-order valence-corrected chi connectivity index (χ2v) is 11.3. The fourth-order valence-electron chi connectivity index (χ4n) is 7.12. The van der Waals surface area contributed by atoms with Crippen molar-refractivity contribution in [3.8, 4) is 0 Å². The maximum atomic E-state index is 14.3. The van der Waals surface area contributed by atoms with E-state index in [-0.39, 0.29) is 24.3 Å². The molecule has 6 atom stereocenters. The SMILES string of the molecule is CCCN1CC=C[C@]2(C)O[C@]34C=CCN(CCN5CCOCC5)C(=O)C3N([C@@H](CC)CO)C(=O)[C@@H]4[C@@H]2C1=O. The lowest BCUT2D eigenvalue weighted by Gasteiger charge is -2.40. The highest BCUT2D eigenvalue weighted by atomic mass is 16.5. The monoisotopic (exact) mass is 530 g/mol. The van der Waals surface area contributed by atoms with E-state index in [9.17, 15) is 19.5 Å². The van der Waals surface area contributed by atoms with Crippen LogP contribution in [0.4, 0.5) is 0 Å². The zero-order chi connectivity index (χ0) is 27.1. The minimum atomic E-state index is -1.28. The summed E-state index contributed by atoms with van der Waals surface area (Å²) >= 11 is 0. The standard InChI is InChI=1S/C28H42N4O6/c1-4-10-30-11-6-8-27(3)21(24(30)34)22-25(35)32(20(5-2)19-33)23-26(36)31(12-7-9-28(22,23)38-27)14-13-29-15-17-37-18-16-29/h6-9,20-23,33H,4-5,10-19H2,1-3H3/t20-,21+,22-,23?,27-,28-/m0/s1. The fourth-order valence-corrected chi connectivity index (χ4v) is 7.12. The van der Waals surface area contributed by atoms with Crippen LogP contribution in [-0.4, -0.2) is 131 Å². The second kappa shape index (κ2) is 10.7. The van der Waals surface area contributed by atoms with Crippen LogP contribution in [0.1, 0.15) is 33.6 Å². The number of rotatable bonds is 8. The number of aliphatic hydroxyl groups is 1. The normalized spacial score (nSPS) is 36.3. The van der Waals surface area contributed by atoms with Crippen molar-refractivity contribution in [2.24, 2.45) is 11.8 Å². The molecule has 5 heterocycles. The summed E-state index contributed by atoms with van der Waals surface area (Å²) in [5, 5.41) is 10.3. The fraction of sp³-hybridized carbons (Fsp3) is 0.750. The van der Waals surface area contributed by atoms with Crippen LogP contribution in [0.5, 0.6) is 0 Å². The molecular formula is C28H42N4O6. The van der Waals surface area contributed by atoms with Gasteiger partial charge in [0.25, 0.3) is 0 Å². The molecule has 210 valence electrons. The Kier molecular flexibility index (Phi) is 7.70. The molecule has 0 radical (unpaired) electrons. The molecule has 0 aliphatic carbocycles. The van der Waals surface area contributed by atoms with Crippen LogP contribution in [0, 0.1) is 11.8 Å². The highest BCUT2D eigenvalue weighted by molar-refractivity contribution is 6.00. The molecule has 0 saturated carbocycles. The van der Waals surface area contributed by atoms with Crippen molar-refractivity contribution in [1.82, 2.24) is 19.6 Å². The van der Waals surface area contributed by atoms with Gasteiger partial charge in [-0.05, 0) is 19.8 Å². The van der Waals surface area contributed by atoms with Gasteiger partial charge in [0.2, 0.25) is 17.7 Å². The van der Waals surface area contributed by atoms with Gasteiger partial charge in [-0.2, -0.15) is 0 Å². The lowest BCUT2D eigenvalue weighted by molar-refractivity contribution is -0.156. The van der Waals surface area contributed by atoms with Gasteiger partial charge < -0.3 is 29.3 Å². The average Bonchev–Trinajstić information content (AvgIpc) is 3.19. The van der Waals surface area contributed by atoms with Gasteiger partial charge in [-0.1, -0.05) is 38.2 Å². The average molecular weight is 531 g/mol. The number of hydrogen-bond acceptors (Lipinski definition) is 7. The van der Waals surface area contributed by atoms with Gasteiger partial charge >= 0.3 is 0 Å². The van der Waals surface area contributed by atoms with E-state index in [1.165, 1.54) is 0 Å². The molecule has 3 fully saturated rings. The van der Waals surface area contributed by atoms with Crippen LogP contribution in [0.25, 0.3) is 0 Å². The van der Waals surface area contributed by atoms with Gasteiger partial charge in [0, 0.05) is 45.8 Å². The lowest BCUT2D eigenvalue weighted by atomic mass is 9.74. The van der Waals surface area contributed by atoms with E-state index in [0.717, 1.165) is 19.5 Å². The first-order valence-corrected chi connectivity index (χ1v) is 14.2. The lowest BCUT2D eigenvalue weighted by Crippen LogP contribution is -2.59. The number of aliphatic hydroxyl groups excluding tert-OH is 1. The Balaban J connectivity index is 1.53. The molecule has 5 aliphatic heterocycles. The molecule has 3 amide bonds. The number of hydrogen-bond donors (Lipinski definition) is 1. The van der Waals surface area contributed by atoms with E-state index in [1.54, 1.807) is 14.7 Å². The minimum absolute atomic E-state index is 0.110. The van der Waals surface area contributed by atoms with Crippen LogP contribution in [0.3, 0.4) is 0 Å². The van der Waals surface area contributed by atoms with Crippen molar-refractivity contribution in [2.45, 2.75) is 56.9 Å². The number of amides is 3. The number of nitrogens with zero attached hydrogens (tertiary/aromatic N) is 4. The predicted octanol–water partition coefficient (Wildman–Crippen LogP) is 0.267. The predicted molar refractivity (Wildman–Crippen MR) is 140 cm³/mol. The van der Waals surface area contributed by atoms with Gasteiger partial charge in [0.1, 0.15) is 11.6 Å². The molecule has 10 nitrogen and oxygen atoms in total. The molecule has 5 rings (SSSR count). The molecule has 3 saturated heterocycles. The van der Waals surface area contributed by atoms with Gasteiger partial charge in [-0.25, -0.2) is 0 Å². The maximum absolute atomic E-state index is 14.3. The van der Waals surface area contributed by atoms with E-state index in [0.29, 0.717) is 52.4 Å². The van der Waals surface area contributed by atoms with E-state index in [4.69, 9.17) is 9.47 Å². The van der Waals surface area contributed by atoms with Gasteiger partial charge in [-0.3, -0.25) is 19.3 Å². The molecule has 1 spiro atoms. The first-order valence-electron chi connectivity index (χ1n) is 14.2. The van der Waals surface area contributed by atoms with E-state index < -0.39 is 35.1 Å². The topological polar surface area (TPSA) is 103 Å². The zero-order valence-electron chi connectivity index (χ0n) is 22.9. The van der Waals surface area contributed by atoms with Gasteiger partial charge in [0.05, 0.1) is 43.3 Å². The smallest absolute Gasteiger partial charge is 0.249 e. The van der Waals surface area contributed by atoms with Crippen LogP contribution in [0.2, 0.25) is 0 Å². The Labute approximate surface area is 225 Å². The molecule has 0 bridgehead atoms. The van der Waals surface area contributed by atoms with E-state index in [1.807, 2.05) is 45.1 Å². The van der Waals surface area contributed by atoms with Crippen molar-refractivity contribution in [1.29, 1.82) is 0 Å². The van der Waals surface area contributed by atoms with Crippen molar-refractivity contribution in [3.05, 3.63) is 24.3 Å². The molecule has 5 aliphatic rings. The van der Waals surface area contributed by atoms with Crippen molar-refractivity contribution >= 4 is 17.7 Å². The first-order chi connectivity index (χ1) is 18.3. The Morgan fingerprint density at radius 1 is 0.947 bits per heavy atom. The summed E-state index contributed by atoms with van der Waals surface area (Å²) in [6.07, 6.45) is 8.96. The van der Waals surface area contributed by atoms with Crippen LogP contribution >= 0.6 is 0 Å². The number of carbonyl (C=O) groups excluding carboxylic acids is 3. The van der Waals surface area contributed by atoms with Crippen molar-refractivity contribution < 1.29 is 29.0 Å². The molecule has 38 heavy (non-hydrogen) atoms. The number of likely N-dealkylation sites (tertiary alicyclic amines) is 1. The number of carbonyl (C=O) groups is 3. The van der Waals surface area contributed by atoms with E-state index >= 15 is 0 Å². The zero-order valence-corrected chi connectivity index (χ0v) is 22.9. The number of fused-ring (bicyclic) bond motifs is 2. The third-order valence-corrected chi connectivity index (χ3v) is 9.02. The Morgan fingerprint density at radius 2 is 1.63 bits per heavy atom. The molecule has 0 aromatic heterocycles. The quantitative estimate of drug-likeness (QED) is 0.450. The molecule has 0 aromatic rings. The summed E-state index contributed by atoms with van der Waals surface area (Å²) in [5.41, 5.74) is -2.29. The number of morpholine rings is 1. The van der Waals surface area contributed by atoms with Crippen LogP contribution < -0.4 is 0 Å². The number of ether oxygens (including phenoxy) is 2. The van der Waals surface area contributed by atoms with E-state index in [2.05, 4.69) is 4.90 Å². The third-order valence-electron chi connectivity index (χ3n) is 9.02. The summed E-state index contributed by atoms with van der Waals surface area (Å²) in [7, 11) is 0. The summed E-state index contributed by atoms with van der Waals surface area (Å²) in [5.74, 6) is -2.17. The Bertz CT molecular complexity index is 992. The second-order valence-electron chi connectivity index (χ2n) is 11.3. The van der Waals surface area contributed by atoms with Crippen molar-refractivity contribution in [2.75, 3.05) is 65.6 Å². The summed E-state index contributed by atoms with van der Waals surface area (Å²) in [6, 6.07) is -1.48. The van der Waals surface area contributed by atoms with Crippen molar-refractivity contribution in [3.63, 3.8) is 0 Å². The van der Waals surface area contributed by atoms with Gasteiger partial charge in [-0.15, -0.1) is 0 Å². The third kappa shape index (κ3) is 4.29. The van der Waals surface area contributed by atoms with Crippen LogP contribution in [-0.2, 0) is 23.9 Å². The summed E-state index contributed by atoms with van der Waals surface area (Å²) in [6.45, 7) is 11.2. The maximum Gasteiger partial charge on any atom is 0.249 e. The molecule has 1 N–H and O–H groups in total. The Morgan fingerprint density at radius 3 is 2.29 bits per heavy atom. The molecular weight excluding hydrogens is 488 g/mol. The summed E-state index contributed by atoms with van der Waals surface area (Å²) in [4.78, 5) is 50.0. The molecule has 0 aromatic carbocycles. The van der Waals surface area contributed by atoms with Crippen LogP contribution in [0.15, 0.2) is 24.3 Å². The molecule has 10 heteroatoms. The molecule has 1 unspecified atom stereocenters. The van der Waals surface area contributed by atoms with Gasteiger partial charge in [0.15, 0.2) is 0 Å². The highest BCUT2D eigenvalue weighted by Crippen LogP contribution is 2.57. The highest BCUT2D eigenvalue weighted by Gasteiger charge is 2.75. The minimum Gasteiger partial charge on any atom is -0.394 e. The Hall–Kier alpha value is -2.27. The largest absolute Gasteiger partial charge is 0.394 e. The first kappa shape index (κ1) is 27.3.